The minimum absolute atomic E-state index is 0.343. The van der Waals surface area contributed by atoms with Gasteiger partial charge in [0.05, 0.1) is 4.90 Å². The van der Waals surface area contributed by atoms with E-state index in [0.717, 1.165) is 24.3 Å². The number of rotatable bonds is 10. The van der Waals surface area contributed by atoms with Crippen LogP contribution in [-0.4, -0.2) is 37.6 Å². The van der Waals surface area contributed by atoms with E-state index in [1.807, 2.05) is 11.6 Å². The fraction of sp³-hybridized carbons (Fsp3) is 0.714. The molecule has 0 saturated carbocycles. The van der Waals surface area contributed by atoms with E-state index in [9.17, 15) is 8.42 Å². The highest BCUT2D eigenvalue weighted by Gasteiger charge is 2.16. The van der Waals surface area contributed by atoms with Gasteiger partial charge in [-0.05, 0) is 30.9 Å². The number of sulfonamides is 1. The molecule has 1 heterocycles. The Hall–Kier alpha value is -0.500. The van der Waals surface area contributed by atoms with E-state index in [1.165, 1.54) is 0 Å². The largest absolute Gasteiger partial charge is 0.352 e. The second-order valence-electron chi connectivity index (χ2n) is 5.41. The first kappa shape index (κ1) is 18.5. The topological polar surface area (TPSA) is 63.1 Å². The van der Waals surface area contributed by atoms with Gasteiger partial charge in [0.2, 0.25) is 10.0 Å². The number of thioether (sulfide) groups is 1. The molecule has 0 spiro atoms. The van der Waals surface area contributed by atoms with Gasteiger partial charge < -0.3 is 9.88 Å². The van der Waals surface area contributed by atoms with Gasteiger partial charge in [-0.25, -0.2) is 13.1 Å². The molecule has 0 amide bonds. The van der Waals surface area contributed by atoms with Crippen LogP contribution in [0.25, 0.3) is 0 Å². The average Bonchev–Trinajstić information content (AvgIpc) is 2.78. The molecule has 0 aliphatic rings. The van der Waals surface area contributed by atoms with Crippen molar-refractivity contribution in [3.63, 3.8) is 0 Å². The summed E-state index contributed by atoms with van der Waals surface area (Å²) in [5, 5.41) is 3.30. The summed E-state index contributed by atoms with van der Waals surface area (Å²) in [5.74, 6) is 1.07. The predicted octanol–water partition coefficient (Wildman–Crippen LogP) is 1.94. The summed E-state index contributed by atoms with van der Waals surface area (Å²) in [6.07, 6.45) is 5.62. The van der Waals surface area contributed by atoms with E-state index in [4.69, 9.17) is 0 Å². The Morgan fingerprint density at radius 1 is 1.33 bits per heavy atom. The van der Waals surface area contributed by atoms with E-state index < -0.39 is 10.0 Å². The molecule has 0 aliphatic heterocycles. The van der Waals surface area contributed by atoms with Crippen LogP contribution in [0.5, 0.6) is 0 Å². The fourth-order valence-electron chi connectivity index (χ4n) is 1.87. The maximum atomic E-state index is 12.2. The third kappa shape index (κ3) is 6.42. The summed E-state index contributed by atoms with van der Waals surface area (Å²) in [4.78, 5) is 0.343. The van der Waals surface area contributed by atoms with Gasteiger partial charge >= 0.3 is 0 Å². The Balaban J connectivity index is 2.60. The van der Waals surface area contributed by atoms with Crippen LogP contribution in [0, 0.1) is 0 Å². The summed E-state index contributed by atoms with van der Waals surface area (Å²) in [7, 11) is -1.52. The van der Waals surface area contributed by atoms with Gasteiger partial charge in [0.25, 0.3) is 0 Å². The molecule has 0 saturated heterocycles. The zero-order valence-electron chi connectivity index (χ0n) is 13.3. The summed E-state index contributed by atoms with van der Waals surface area (Å²) in [6.45, 7) is 5.29. The van der Waals surface area contributed by atoms with Crippen LogP contribution < -0.4 is 10.0 Å². The molecule has 0 aliphatic carbocycles. The number of aryl methyl sites for hydroxylation is 1. The highest BCUT2D eigenvalue weighted by Crippen LogP contribution is 2.13. The third-order valence-electron chi connectivity index (χ3n) is 3.15. The van der Waals surface area contributed by atoms with Gasteiger partial charge in [0.1, 0.15) is 0 Å². The molecular formula is C14H27N3O2S2. The smallest absolute Gasteiger partial charge is 0.242 e. The molecular weight excluding hydrogens is 306 g/mol. The lowest BCUT2D eigenvalue weighted by molar-refractivity contribution is 0.571. The molecule has 0 unspecified atom stereocenters. The van der Waals surface area contributed by atoms with Gasteiger partial charge in [0.15, 0.2) is 0 Å². The standard InChI is InChI=1S/C14H27N3O2S2/c1-12(2)15-10-13-9-14(11-17(13)3)21(18,19)16-7-5-6-8-20-4/h9,11-12,15-16H,5-8,10H2,1-4H3. The van der Waals surface area contributed by atoms with Crippen LogP contribution >= 0.6 is 11.8 Å². The van der Waals surface area contributed by atoms with Crippen molar-refractivity contribution in [1.82, 2.24) is 14.6 Å². The van der Waals surface area contributed by atoms with Crippen molar-refractivity contribution in [3.05, 3.63) is 18.0 Å². The van der Waals surface area contributed by atoms with Gasteiger partial charge in [-0.2, -0.15) is 11.8 Å². The monoisotopic (exact) mass is 333 g/mol. The number of hydrogen-bond donors (Lipinski definition) is 2. The van der Waals surface area contributed by atoms with Crippen LogP contribution in [0.1, 0.15) is 32.4 Å². The second kappa shape index (κ2) is 8.82. The third-order valence-corrected chi connectivity index (χ3v) is 5.28. The van der Waals surface area contributed by atoms with Crippen molar-refractivity contribution in [1.29, 1.82) is 0 Å². The van der Waals surface area contributed by atoms with Crippen LogP contribution in [-0.2, 0) is 23.6 Å². The summed E-state index contributed by atoms with van der Waals surface area (Å²) >= 11 is 1.78. The average molecular weight is 334 g/mol. The molecule has 0 radical (unpaired) electrons. The second-order valence-corrected chi connectivity index (χ2v) is 8.16. The zero-order valence-corrected chi connectivity index (χ0v) is 15.0. The molecule has 1 aromatic heterocycles. The van der Waals surface area contributed by atoms with E-state index in [1.54, 1.807) is 24.0 Å². The van der Waals surface area contributed by atoms with Gasteiger partial charge in [0, 0.05) is 38.1 Å². The van der Waals surface area contributed by atoms with Crippen LogP contribution in [0.3, 0.4) is 0 Å². The molecule has 0 fully saturated rings. The maximum Gasteiger partial charge on any atom is 0.242 e. The van der Waals surface area contributed by atoms with Crippen molar-refractivity contribution < 1.29 is 8.42 Å². The Kier molecular flexibility index (Phi) is 7.79. The number of hydrogen-bond acceptors (Lipinski definition) is 4. The van der Waals surface area contributed by atoms with Crippen LogP contribution in [0.15, 0.2) is 17.2 Å². The van der Waals surface area contributed by atoms with Crippen molar-refractivity contribution in [2.75, 3.05) is 18.6 Å². The van der Waals surface area contributed by atoms with Gasteiger partial charge in [-0.15, -0.1) is 0 Å². The summed E-state index contributed by atoms with van der Waals surface area (Å²) in [6, 6.07) is 2.11. The van der Waals surface area contributed by atoms with Crippen molar-refractivity contribution in [2.45, 2.75) is 44.2 Å². The first-order chi connectivity index (χ1) is 9.86. The Morgan fingerprint density at radius 2 is 2.05 bits per heavy atom. The minimum Gasteiger partial charge on any atom is -0.352 e. The molecule has 1 aromatic rings. The Bertz CT molecular complexity index is 524. The molecule has 1 rings (SSSR count). The van der Waals surface area contributed by atoms with Crippen molar-refractivity contribution in [2.24, 2.45) is 7.05 Å². The van der Waals surface area contributed by atoms with Crippen LogP contribution in [0.4, 0.5) is 0 Å². The minimum atomic E-state index is -3.39. The van der Waals surface area contributed by atoms with Crippen molar-refractivity contribution in [3.8, 4) is 0 Å². The maximum absolute atomic E-state index is 12.2. The van der Waals surface area contributed by atoms with Gasteiger partial charge in [-0.1, -0.05) is 13.8 Å². The first-order valence-corrected chi connectivity index (χ1v) is 10.1. The predicted molar refractivity (Wildman–Crippen MR) is 90.2 cm³/mol. The van der Waals surface area contributed by atoms with E-state index >= 15 is 0 Å². The summed E-state index contributed by atoms with van der Waals surface area (Å²) in [5.41, 5.74) is 0.964. The first-order valence-electron chi connectivity index (χ1n) is 7.24. The van der Waals surface area contributed by atoms with Crippen molar-refractivity contribution >= 4 is 21.8 Å². The Labute approximate surface area is 132 Å². The number of nitrogens with one attached hydrogen (secondary N) is 2. The van der Waals surface area contributed by atoms with E-state index in [0.29, 0.717) is 24.0 Å². The molecule has 0 bridgehead atoms. The lowest BCUT2D eigenvalue weighted by Gasteiger charge is -2.08. The zero-order chi connectivity index (χ0) is 15.9. The van der Waals surface area contributed by atoms with E-state index in [-0.39, 0.29) is 0 Å². The molecule has 21 heavy (non-hydrogen) atoms. The number of aromatic nitrogens is 1. The summed E-state index contributed by atoms with van der Waals surface area (Å²) < 4.78 is 29.0. The molecule has 0 atom stereocenters. The van der Waals surface area contributed by atoms with E-state index in [2.05, 4.69) is 30.1 Å². The quantitative estimate of drug-likeness (QED) is 0.642. The molecule has 2 N–H and O–H groups in total. The lowest BCUT2D eigenvalue weighted by Crippen LogP contribution is -2.24. The Morgan fingerprint density at radius 3 is 2.67 bits per heavy atom. The molecule has 0 aromatic carbocycles. The lowest BCUT2D eigenvalue weighted by atomic mass is 10.3. The SMILES string of the molecule is CSCCCCNS(=O)(=O)c1cc(CNC(C)C)n(C)c1. The highest BCUT2D eigenvalue weighted by molar-refractivity contribution is 7.98. The van der Waals surface area contributed by atoms with Gasteiger partial charge in [-0.3, -0.25) is 0 Å². The molecule has 122 valence electrons. The molecule has 7 heteroatoms. The normalized spacial score (nSPS) is 12.2. The fourth-order valence-corrected chi connectivity index (χ4v) is 3.53. The number of nitrogens with zero attached hydrogens (tertiary/aromatic N) is 1. The van der Waals surface area contributed by atoms with Crippen LogP contribution in [0.2, 0.25) is 0 Å². The number of unbranched alkanes of at least 4 members (excludes halogenated alkanes) is 1. The molecule has 5 nitrogen and oxygen atoms in total. The highest BCUT2D eigenvalue weighted by atomic mass is 32.2.